The highest BCUT2D eigenvalue weighted by atomic mass is 79.9. The third-order valence-corrected chi connectivity index (χ3v) is 3.91. The topological polar surface area (TPSA) is 55.8 Å². The molecule has 0 radical (unpaired) electrons. The summed E-state index contributed by atoms with van der Waals surface area (Å²) in [6, 6.07) is 3.64. The Balaban J connectivity index is 1.91. The number of hydrogen-bond acceptors (Lipinski definition) is 4. The van der Waals surface area contributed by atoms with Gasteiger partial charge in [-0.1, -0.05) is 0 Å². The van der Waals surface area contributed by atoms with Crippen LogP contribution in [-0.2, 0) is 14.3 Å². The molecule has 7 heteroatoms. The molecule has 1 fully saturated rings. The van der Waals surface area contributed by atoms with Gasteiger partial charge in [-0.05, 0) is 48.0 Å². The fourth-order valence-electron chi connectivity index (χ4n) is 2.33. The van der Waals surface area contributed by atoms with E-state index in [1.165, 1.54) is 12.1 Å². The van der Waals surface area contributed by atoms with Crippen LogP contribution < -0.4 is 0 Å². The summed E-state index contributed by atoms with van der Waals surface area (Å²) >= 11 is 3.09. The molecule has 0 spiro atoms. The molecule has 1 amide bonds. The smallest absolute Gasteiger partial charge is 0.339 e. The van der Waals surface area contributed by atoms with E-state index in [0.717, 1.165) is 6.07 Å². The maximum absolute atomic E-state index is 13.0. The van der Waals surface area contributed by atoms with Crippen molar-refractivity contribution in [2.24, 2.45) is 0 Å². The Labute approximate surface area is 136 Å². The van der Waals surface area contributed by atoms with Gasteiger partial charge >= 0.3 is 5.97 Å². The molecular formula is C15H17BrFNO4. The summed E-state index contributed by atoms with van der Waals surface area (Å²) in [5.74, 6) is -1.40. The summed E-state index contributed by atoms with van der Waals surface area (Å²) in [6.45, 7) is 4.37. The van der Waals surface area contributed by atoms with Gasteiger partial charge in [0.05, 0.1) is 17.8 Å². The molecule has 2 rings (SSSR count). The molecule has 1 heterocycles. The van der Waals surface area contributed by atoms with Crippen LogP contribution in [0.5, 0.6) is 0 Å². The van der Waals surface area contributed by atoms with Crippen molar-refractivity contribution < 1.29 is 23.5 Å². The van der Waals surface area contributed by atoms with E-state index in [1.807, 2.05) is 13.8 Å². The lowest BCUT2D eigenvalue weighted by Crippen LogP contribution is -2.49. The second-order valence-electron chi connectivity index (χ2n) is 5.26. The van der Waals surface area contributed by atoms with E-state index in [4.69, 9.17) is 9.47 Å². The zero-order chi connectivity index (χ0) is 16.3. The number of carbonyl (C=O) groups is 2. The van der Waals surface area contributed by atoms with Crippen LogP contribution in [0.4, 0.5) is 4.39 Å². The minimum atomic E-state index is -0.672. The molecule has 0 N–H and O–H groups in total. The highest BCUT2D eigenvalue weighted by Gasteiger charge is 2.26. The average molecular weight is 374 g/mol. The van der Waals surface area contributed by atoms with Gasteiger partial charge in [0.2, 0.25) is 0 Å². The Bertz CT molecular complexity index is 571. The van der Waals surface area contributed by atoms with Crippen molar-refractivity contribution in [3.05, 3.63) is 34.1 Å². The number of morpholine rings is 1. The van der Waals surface area contributed by atoms with Crippen LogP contribution in [0.2, 0.25) is 0 Å². The lowest BCUT2D eigenvalue weighted by atomic mass is 10.2. The maximum Gasteiger partial charge on any atom is 0.339 e. The quantitative estimate of drug-likeness (QED) is 0.763. The first-order valence-electron chi connectivity index (χ1n) is 6.92. The van der Waals surface area contributed by atoms with Crippen molar-refractivity contribution in [1.29, 1.82) is 0 Å². The predicted molar refractivity (Wildman–Crippen MR) is 81.0 cm³/mol. The first-order chi connectivity index (χ1) is 10.4. The van der Waals surface area contributed by atoms with E-state index in [-0.39, 0.29) is 30.3 Å². The Morgan fingerprint density at radius 3 is 2.59 bits per heavy atom. The highest BCUT2D eigenvalue weighted by Crippen LogP contribution is 2.19. The zero-order valence-electron chi connectivity index (χ0n) is 12.3. The molecule has 0 bridgehead atoms. The van der Waals surface area contributed by atoms with Gasteiger partial charge in [0.25, 0.3) is 5.91 Å². The summed E-state index contributed by atoms with van der Waals surface area (Å²) in [4.78, 5) is 25.6. The van der Waals surface area contributed by atoms with Crippen LogP contribution in [0.15, 0.2) is 22.7 Å². The second kappa shape index (κ2) is 7.19. The average Bonchev–Trinajstić information content (AvgIpc) is 2.43. The molecule has 0 aliphatic carbocycles. The number of hydrogen-bond donors (Lipinski definition) is 0. The molecule has 0 unspecified atom stereocenters. The fraction of sp³-hybridized carbons (Fsp3) is 0.467. The number of halogens is 2. The fourth-order valence-corrected chi connectivity index (χ4v) is 2.85. The Kier molecular flexibility index (Phi) is 5.52. The van der Waals surface area contributed by atoms with Crippen LogP contribution in [0, 0.1) is 5.82 Å². The molecule has 2 atom stereocenters. The monoisotopic (exact) mass is 373 g/mol. The Hall–Kier alpha value is -1.47. The van der Waals surface area contributed by atoms with Gasteiger partial charge in [0, 0.05) is 17.6 Å². The molecule has 0 saturated carbocycles. The number of benzene rings is 1. The third kappa shape index (κ3) is 4.27. The van der Waals surface area contributed by atoms with Crippen LogP contribution in [0.25, 0.3) is 0 Å². The van der Waals surface area contributed by atoms with Gasteiger partial charge in [-0.25, -0.2) is 9.18 Å². The van der Waals surface area contributed by atoms with Gasteiger partial charge in [-0.15, -0.1) is 0 Å². The van der Waals surface area contributed by atoms with E-state index in [0.29, 0.717) is 17.6 Å². The summed E-state index contributed by atoms with van der Waals surface area (Å²) < 4.78 is 23.8. The summed E-state index contributed by atoms with van der Waals surface area (Å²) in [5, 5.41) is 0. The number of rotatable bonds is 3. The van der Waals surface area contributed by atoms with Crippen LogP contribution >= 0.6 is 15.9 Å². The first kappa shape index (κ1) is 16.9. The number of carbonyl (C=O) groups excluding carboxylic acids is 2. The van der Waals surface area contributed by atoms with Crippen molar-refractivity contribution in [2.45, 2.75) is 26.1 Å². The summed E-state index contributed by atoms with van der Waals surface area (Å²) in [7, 11) is 0. The van der Waals surface area contributed by atoms with Crippen molar-refractivity contribution in [1.82, 2.24) is 4.90 Å². The minimum absolute atomic E-state index is 0.0466. The Morgan fingerprint density at radius 1 is 1.36 bits per heavy atom. The van der Waals surface area contributed by atoms with Gasteiger partial charge in [-0.3, -0.25) is 4.79 Å². The third-order valence-electron chi connectivity index (χ3n) is 3.25. The first-order valence-corrected chi connectivity index (χ1v) is 7.71. The van der Waals surface area contributed by atoms with Crippen LogP contribution in [0.3, 0.4) is 0 Å². The van der Waals surface area contributed by atoms with Crippen molar-refractivity contribution in [3.63, 3.8) is 0 Å². The predicted octanol–water partition coefficient (Wildman–Crippen LogP) is 2.38. The lowest BCUT2D eigenvalue weighted by molar-refractivity contribution is -0.146. The summed E-state index contributed by atoms with van der Waals surface area (Å²) in [6.07, 6.45) is -0.0933. The molecule has 5 nitrogen and oxygen atoms in total. The molecule has 0 aromatic heterocycles. The number of esters is 1. The number of ether oxygens (including phenoxy) is 2. The zero-order valence-corrected chi connectivity index (χ0v) is 13.9. The van der Waals surface area contributed by atoms with Crippen LogP contribution in [0.1, 0.15) is 24.2 Å². The van der Waals surface area contributed by atoms with Gasteiger partial charge in [-0.2, -0.15) is 0 Å². The highest BCUT2D eigenvalue weighted by molar-refractivity contribution is 9.10. The van der Waals surface area contributed by atoms with Crippen molar-refractivity contribution in [3.8, 4) is 0 Å². The molecule has 1 aromatic carbocycles. The van der Waals surface area contributed by atoms with Crippen molar-refractivity contribution >= 4 is 27.8 Å². The number of amides is 1. The van der Waals surface area contributed by atoms with E-state index in [1.54, 1.807) is 4.90 Å². The minimum Gasteiger partial charge on any atom is -0.452 e. The van der Waals surface area contributed by atoms with Gasteiger partial charge in [0.1, 0.15) is 5.82 Å². The largest absolute Gasteiger partial charge is 0.452 e. The van der Waals surface area contributed by atoms with E-state index < -0.39 is 11.8 Å². The molecular weight excluding hydrogens is 357 g/mol. The van der Waals surface area contributed by atoms with E-state index in [2.05, 4.69) is 15.9 Å². The van der Waals surface area contributed by atoms with E-state index in [9.17, 15) is 14.0 Å². The molecule has 1 aromatic rings. The molecule has 1 saturated heterocycles. The summed E-state index contributed by atoms with van der Waals surface area (Å²) in [5.41, 5.74) is 0.179. The molecule has 22 heavy (non-hydrogen) atoms. The van der Waals surface area contributed by atoms with Gasteiger partial charge in [0.15, 0.2) is 6.61 Å². The Morgan fingerprint density at radius 2 is 2.00 bits per heavy atom. The number of nitrogens with zero attached hydrogens (tertiary/aromatic N) is 1. The van der Waals surface area contributed by atoms with Crippen molar-refractivity contribution in [2.75, 3.05) is 19.7 Å². The standard InChI is InChI=1S/C15H17BrFNO4/c1-9-6-18(7-10(2)22-9)14(19)8-21-15(20)12-4-3-11(17)5-13(12)16/h3-5,9-10H,6-8H2,1-2H3/t9-,10-/m0/s1. The van der Waals surface area contributed by atoms with Gasteiger partial charge < -0.3 is 14.4 Å². The van der Waals surface area contributed by atoms with E-state index >= 15 is 0 Å². The lowest BCUT2D eigenvalue weighted by Gasteiger charge is -2.35. The van der Waals surface area contributed by atoms with Crippen LogP contribution in [-0.4, -0.2) is 48.7 Å². The molecule has 120 valence electrons. The SMILES string of the molecule is C[C@H]1CN(C(=O)COC(=O)c2ccc(F)cc2Br)C[C@H](C)O1. The maximum atomic E-state index is 13.0. The second-order valence-corrected chi connectivity index (χ2v) is 6.11. The normalized spacial score (nSPS) is 21.5. The molecule has 1 aliphatic rings. The molecule has 1 aliphatic heterocycles.